The molecule has 0 saturated carbocycles. The van der Waals surface area contributed by atoms with Crippen molar-refractivity contribution in [1.82, 2.24) is 15.1 Å². The van der Waals surface area contributed by atoms with Crippen LogP contribution < -0.4 is 14.8 Å². The van der Waals surface area contributed by atoms with Crippen LogP contribution in [0.25, 0.3) is 16.9 Å². The summed E-state index contributed by atoms with van der Waals surface area (Å²) in [5.41, 5.74) is 3.34. The van der Waals surface area contributed by atoms with E-state index in [0.29, 0.717) is 27.8 Å². The molecule has 0 radical (unpaired) electrons. The first kappa shape index (κ1) is 18.8. The van der Waals surface area contributed by atoms with Crippen LogP contribution >= 0.6 is 11.6 Å². The SMILES string of the molecule is CNC(=O)c1cc(-c2c(OC)cccc2OC)n(-c2ccc(Cl)c(C)c2)n1. The Hall–Kier alpha value is -2.99. The monoisotopic (exact) mass is 385 g/mol. The molecule has 2 aromatic carbocycles. The lowest BCUT2D eigenvalue weighted by atomic mass is 10.1. The van der Waals surface area contributed by atoms with Crippen LogP contribution in [0.3, 0.4) is 0 Å². The Balaban J connectivity index is 2.31. The standard InChI is InChI=1S/C20H20ClN3O3/c1-12-10-13(8-9-14(12)21)24-16(11-15(23-24)20(25)22-2)19-17(26-3)6-5-7-18(19)27-4/h5-11H,1-4H3,(H,22,25). The van der Waals surface area contributed by atoms with Crippen LogP contribution in [-0.4, -0.2) is 37.0 Å². The molecular formula is C20H20ClN3O3. The molecule has 6 nitrogen and oxygen atoms in total. The average molecular weight is 386 g/mol. The van der Waals surface area contributed by atoms with Crippen LogP contribution in [0.2, 0.25) is 5.02 Å². The summed E-state index contributed by atoms with van der Waals surface area (Å²) in [7, 11) is 4.74. The first-order valence-corrected chi connectivity index (χ1v) is 8.68. The van der Waals surface area contributed by atoms with Gasteiger partial charge >= 0.3 is 0 Å². The van der Waals surface area contributed by atoms with Gasteiger partial charge in [0.2, 0.25) is 0 Å². The lowest BCUT2D eigenvalue weighted by Crippen LogP contribution is -2.18. The maximum Gasteiger partial charge on any atom is 0.271 e. The molecule has 0 unspecified atom stereocenters. The van der Waals surface area contributed by atoms with Gasteiger partial charge < -0.3 is 14.8 Å². The van der Waals surface area contributed by atoms with Crippen molar-refractivity contribution in [3.05, 3.63) is 58.7 Å². The number of benzene rings is 2. The number of rotatable bonds is 5. The molecule has 3 aromatic rings. The fraction of sp³-hybridized carbons (Fsp3) is 0.200. The highest BCUT2D eigenvalue weighted by Crippen LogP contribution is 2.39. The van der Waals surface area contributed by atoms with Gasteiger partial charge in [0.1, 0.15) is 11.5 Å². The molecule has 0 fully saturated rings. The second kappa shape index (κ2) is 7.72. The summed E-state index contributed by atoms with van der Waals surface area (Å²) in [6, 6.07) is 12.8. The van der Waals surface area contributed by atoms with Gasteiger partial charge in [-0.25, -0.2) is 4.68 Å². The van der Waals surface area contributed by atoms with E-state index < -0.39 is 0 Å². The molecule has 0 bridgehead atoms. The highest BCUT2D eigenvalue weighted by atomic mass is 35.5. The summed E-state index contributed by atoms with van der Waals surface area (Å²) >= 11 is 6.16. The van der Waals surface area contributed by atoms with E-state index >= 15 is 0 Å². The van der Waals surface area contributed by atoms with E-state index in [4.69, 9.17) is 21.1 Å². The Morgan fingerprint density at radius 1 is 1.11 bits per heavy atom. The van der Waals surface area contributed by atoms with Crippen molar-refractivity contribution in [3.8, 4) is 28.4 Å². The van der Waals surface area contributed by atoms with Crippen molar-refractivity contribution in [2.75, 3.05) is 21.3 Å². The maximum absolute atomic E-state index is 12.2. The summed E-state index contributed by atoms with van der Waals surface area (Å²) in [4.78, 5) is 12.2. The number of nitrogens with zero attached hydrogens (tertiary/aromatic N) is 2. The van der Waals surface area contributed by atoms with Gasteiger partial charge in [0.15, 0.2) is 5.69 Å². The molecule has 3 rings (SSSR count). The largest absolute Gasteiger partial charge is 0.496 e. The molecule has 0 aliphatic heterocycles. The van der Waals surface area contributed by atoms with Crippen LogP contribution in [0.5, 0.6) is 11.5 Å². The predicted octanol–water partition coefficient (Wildman–Crippen LogP) is 3.88. The van der Waals surface area contributed by atoms with Crippen molar-refractivity contribution in [3.63, 3.8) is 0 Å². The van der Waals surface area contributed by atoms with Crippen molar-refractivity contribution >= 4 is 17.5 Å². The molecule has 0 aliphatic carbocycles. The lowest BCUT2D eigenvalue weighted by Gasteiger charge is -2.15. The van der Waals surface area contributed by atoms with Gasteiger partial charge in [-0.2, -0.15) is 5.10 Å². The number of carbonyl (C=O) groups is 1. The highest BCUT2D eigenvalue weighted by molar-refractivity contribution is 6.31. The second-order valence-corrected chi connectivity index (χ2v) is 6.28. The summed E-state index contributed by atoms with van der Waals surface area (Å²) in [6.45, 7) is 1.92. The molecular weight excluding hydrogens is 366 g/mol. The predicted molar refractivity (Wildman–Crippen MR) is 105 cm³/mol. The molecule has 0 atom stereocenters. The van der Waals surface area contributed by atoms with E-state index in [1.54, 1.807) is 38.1 Å². The third-order valence-electron chi connectivity index (χ3n) is 4.24. The van der Waals surface area contributed by atoms with Crippen molar-refractivity contribution in [1.29, 1.82) is 0 Å². The molecule has 27 heavy (non-hydrogen) atoms. The van der Waals surface area contributed by atoms with Crippen LogP contribution in [-0.2, 0) is 0 Å². The Labute approximate surface area is 162 Å². The summed E-state index contributed by atoms with van der Waals surface area (Å²) in [5, 5.41) is 7.76. The zero-order chi connectivity index (χ0) is 19.6. The minimum atomic E-state index is -0.283. The average Bonchev–Trinajstić information content (AvgIpc) is 3.13. The highest BCUT2D eigenvalue weighted by Gasteiger charge is 2.22. The Morgan fingerprint density at radius 2 is 1.78 bits per heavy atom. The van der Waals surface area contributed by atoms with Gasteiger partial charge in [-0.05, 0) is 48.9 Å². The van der Waals surface area contributed by atoms with E-state index in [1.165, 1.54) is 0 Å². The van der Waals surface area contributed by atoms with E-state index in [9.17, 15) is 4.79 Å². The Kier molecular flexibility index (Phi) is 5.37. The Bertz CT molecular complexity index is 976. The number of methoxy groups -OCH3 is 2. The zero-order valence-corrected chi connectivity index (χ0v) is 16.3. The van der Waals surface area contributed by atoms with Gasteiger partial charge in [0, 0.05) is 12.1 Å². The van der Waals surface area contributed by atoms with Gasteiger partial charge in [-0.15, -0.1) is 0 Å². The Morgan fingerprint density at radius 3 is 2.33 bits per heavy atom. The molecule has 1 N–H and O–H groups in total. The lowest BCUT2D eigenvalue weighted by molar-refractivity contribution is 0.0957. The van der Waals surface area contributed by atoms with Crippen molar-refractivity contribution < 1.29 is 14.3 Å². The molecule has 1 aromatic heterocycles. The van der Waals surface area contributed by atoms with Crippen LogP contribution in [0.1, 0.15) is 16.1 Å². The number of hydrogen-bond donors (Lipinski definition) is 1. The second-order valence-electron chi connectivity index (χ2n) is 5.88. The van der Waals surface area contributed by atoms with E-state index in [2.05, 4.69) is 10.4 Å². The first-order chi connectivity index (χ1) is 13.0. The van der Waals surface area contributed by atoms with Crippen LogP contribution in [0.15, 0.2) is 42.5 Å². The number of amides is 1. The quantitative estimate of drug-likeness (QED) is 0.723. The first-order valence-electron chi connectivity index (χ1n) is 8.30. The maximum atomic E-state index is 12.2. The van der Waals surface area contributed by atoms with Crippen LogP contribution in [0.4, 0.5) is 0 Å². The molecule has 7 heteroatoms. The number of aryl methyl sites for hydroxylation is 1. The fourth-order valence-corrected chi connectivity index (χ4v) is 2.98. The molecule has 1 heterocycles. The van der Waals surface area contributed by atoms with Crippen molar-refractivity contribution in [2.24, 2.45) is 0 Å². The zero-order valence-electron chi connectivity index (χ0n) is 15.5. The third kappa shape index (κ3) is 3.48. The smallest absolute Gasteiger partial charge is 0.271 e. The van der Waals surface area contributed by atoms with Gasteiger partial charge in [-0.3, -0.25) is 4.79 Å². The number of halogens is 1. The fourth-order valence-electron chi connectivity index (χ4n) is 2.86. The number of hydrogen-bond acceptors (Lipinski definition) is 4. The molecule has 0 aliphatic rings. The van der Waals surface area contributed by atoms with Crippen LogP contribution in [0, 0.1) is 6.92 Å². The summed E-state index contributed by atoms with van der Waals surface area (Å²) < 4.78 is 12.7. The van der Waals surface area contributed by atoms with E-state index in [-0.39, 0.29) is 11.6 Å². The van der Waals surface area contributed by atoms with Crippen molar-refractivity contribution in [2.45, 2.75) is 6.92 Å². The molecule has 140 valence electrons. The minimum Gasteiger partial charge on any atom is -0.496 e. The van der Waals surface area contributed by atoms with Gasteiger partial charge in [-0.1, -0.05) is 17.7 Å². The molecule has 0 saturated heterocycles. The number of ether oxygens (including phenoxy) is 2. The summed E-state index contributed by atoms with van der Waals surface area (Å²) in [6.07, 6.45) is 0. The third-order valence-corrected chi connectivity index (χ3v) is 4.66. The number of carbonyl (C=O) groups excluding carboxylic acids is 1. The topological polar surface area (TPSA) is 65.4 Å². The van der Waals surface area contributed by atoms with E-state index in [0.717, 1.165) is 11.3 Å². The van der Waals surface area contributed by atoms with Gasteiger partial charge in [0.25, 0.3) is 5.91 Å². The van der Waals surface area contributed by atoms with E-state index in [1.807, 2.05) is 37.3 Å². The minimum absolute atomic E-state index is 0.283. The number of nitrogens with one attached hydrogen (secondary N) is 1. The number of aromatic nitrogens is 2. The molecule has 0 spiro atoms. The van der Waals surface area contributed by atoms with Gasteiger partial charge in [0.05, 0.1) is 31.2 Å². The molecule has 1 amide bonds. The summed E-state index contributed by atoms with van der Waals surface area (Å²) in [5.74, 6) is 0.948. The normalized spacial score (nSPS) is 10.6.